The highest BCUT2D eigenvalue weighted by molar-refractivity contribution is 5.98. The number of pyridine rings is 2. The number of aromatic nitrogens is 7. The van der Waals surface area contributed by atoms with Crippen molar-refractivity contribution in [3.63, 3.8) is 0 Å². The van der Waals surface area contributed by atoms with Crippen molar-refractivity contribution in [2.24, 2.45) is 7.05 Å². The lowest BCUT2D eigenvalue weighted by molar-refractivity contribution is 0.568. The standard InChI is InChI=1S/C21H15N7O/c1-28-10-13(9-23-28)16-2-3-17-19(24-16)20(27-26-17)18-8-15-14(12-5-7-29-11-12)4-6-22-21(15)25-18/h2-11H,1H3,(H,22,25)(H,26,27). The molecule has 6 rings (SSSR count). The van der Waals surface area contributed by atoms with Crippen molar-refractivity contribution in [2.75, 3.05) is 0 Å². The van der Waals surface area contributed by atoms with Crippen LogP contribution in [0.2, 0.25) is 0 Å². The molecule has 0 amide bonds. The van der Waals surface area contributed by atoms with Gasteiger partial charge in [-0.05, 0) is 35.9 Å². The minimum Gasteiger partial charge on any atom is -0.472 e. The van der Waals surface area contributed by atoms with Crippen molar-refractivity contribution in [1.82, 2.24) is 34.9 Å². The monoisotopic (exact) mass is 381 g/mol. The van der Waals surface area contributed by atoms with Crippen molar-refractivity contribution in [3.8, 4) is 33.8 Å². The largest absolute Gasteiger partial charge is 0.472 e. The lowest BCUT2D eigenvalue weighted by atomic mass is 10.1. The Morgan fingerprint density at radius 1 is 1.10 bits per heavy atom. The first kappa shape index (κ1) is 15.8. The van der Waals surface area contributed by atoms with Gasteiger partial charge in [-0.2, -0.15) is 10.2 Å². The van der Waals surface area contributed by atoms with Crippen LogP contribution in [0, 0.1) is 0 Å². The van der Waals surface area contributed by atoms with E-state index in [9.17, 15) is 0 Å². The number of nitrogens with one attached hydrogen (secondary N) is 2. The summed E-state index contributed by atoms with van der Waals surface area (Å²) >= 11 is 0. The third-order valence-electron chi connectivity index (χ3n) is 5.03. The third-order valence-corrected chi connectivity index (χ3v) is 5.03. The van der Waals surface area contributed by atoms with E-state index in [0.29, 0.717) is 0 Å². The molecule has 0 aliphatic carbocycles. The van der Waals surface area contributed by atoms with Crippen LogP contribution in [0.15, 0.2) is 65.9 Å². The average molecular weight is 381 g/mol. The molecular formula is C21H15N7O. The number of H-pyrrole nitrogens is 2. The van der Waals surface area contributed by atoms with Gasteiger partial charge in [-0.3, -0.25) is 9.78 Å². The van der Waals surface area contributed by atoms with Crippen molar-refractivity contribution in [3.05, 3.63) is 61.4 Å². The molecule has 0 aromatic carbocycles. The second kappa shape index (κ2) is 5.90. The van der Waals surface area contributed by atoms with Crippen LogP contribution in [-0.2, 0) is 7.05 Å². The Morgan fingerprint density at radius 3 is 2.90 bits per heavy atom. The Hall–Kier alpha value is -4.20. The number of aryl methyl sites for hydroxylation is 1. The lowest BCUT2D eigenvalue weighted by Gasteiger charge is -1.98. The number of hydrogen-bond donors (Lipinski definition) is 2. The number of fused-ring (bicyclic) bond motifs is 2. The van der Waals surface area contributed by atoms with Gasteiger partial charge < -0.3 is 9.40 Å². The van der Waals surface area contributed by atoms with E-state index in [0.717, 1.165) is 55.8 Å². The van der Waals surface area contributed by atoms with Crippen LogP contribution < -0.4 is 0 Å². The normalized spacial score (nSPS) is 11.6. The maximum Gasteiger partial charge on any atom is 0.138 e. The van der Waals surface area contributed by atoms with Crippen LogP contribution in [0.25, 0.3) is 55.8 Å². The molecule has 6 aromatic heterocycles. The summed E-state index contributed by atoms with van der Waals surface area (Å²) in [6.07, 6.45) is 8.93. The fourth-order valence-electron chi connectivity index (χ4n) is 3.62. The second-order valence-corrected chi connectivity index (χ2v) is 6.88. The smallest absolute Gasteiger partial charge is 0.138 e. The van der Waals surface area contributed by atoms with Crippen molar-refractivity contribution in [2.45, 2.75) is 0 Å². The maximum atomic E-state index is 5.25. The lowest BCUT2D eigenvalue weighted by Crippen LogP contribution is -1.86. The maximum absolute atomic E-state index is 5.25. The van der Waals surface area contributed by atoms with Crippen LogP contribution in [0.1, 0.15) is 0 Å². The van der Waals surface area contributed by atoms with Gasteiger partial charge in [0.25, 0.3) is 0 Å². The zero-order valence-electron chi connectivity index (χ0n) is 15.4. The molecule has 0 radical (unpaired) electrons. The molecule has 6 aromatic rings. The van der Waals surface area contributed by atoms with Crippen molar-refractivity contribution in [1.29, 1.82) is 0 Å². The van der Waals surface area contributed by atoms with E-state index in [1.165, 1.54) is 0 Å². The Balaban J connectivity index is 1.53. The highest BCUT2D eigenvalue weighted by atomic mass is 16.3. The van der Waals surface area contributed by atoms with Gasteiger partial charge in [0.15, 0.2) is 0 Å². The third kappa shape index (κ3) is 2.46. The summed E-state index contributed by atoms with van der Waals surface area (Å²) in [4.78, 5) is 12.7. The van der Waals surface area contributed by atoms with Gasteiger partial charge in [-0.25, -0.2) is 9.97 Å². The summed E-state index contributed by atoms with van der Waals surface area (Å²) in [5.41, 5.74) is 7.92. The molecule has 0 fully saturated rings. The van der Waals surface area contributed by atoms with E-state index >= 15 is 0 Å². The van der Waals surface area contributed by atoms with Gasteiger partial charge >= 0.3 is 0 Å². The molecular weight excluding hydrogens is 366 g/mol. The van der Waals surface area contributed by atoms with Gasteiger partial charge in [-0.15, -0.1) is 0 Å². The minimum absolute atomic E-state index is 0.752. The Labute approximate surface area is 164 Å². The predicted molar refractivity (Wildman–Crippen MR) is 109 cm³/mol. The molecule has 0 spiro atoms. The summed E-state index contributed by atoms with van der Waals surface area (Å²) in [7, 11) is 1.89. The van der Waals surface area contributed by atoms with E-state index in [-0.39, 0.29) is 0 Å². The fraction of sp³-hybridized carbons (Fsp3) is 0.0476. The van der Waals surface area contributed by atoms with E-state index in [1.807, 2.05) is 37.5 Å². The molecule has 0 aliphatic heterocycles. The molecule has 140 valence electrons. The Morgan fingerprint density at radius 2 is 2.07 bits per heavy atom. The first-order valence-corrected chi connectivity index (χ1v) is 9.11. The Bertz CT molecular complexity index is 1470. The number of aromatic amines is 2. The van der Waals surface area contributed by atoms with Gasteiger partial charge in [0.2, 0.25) is 0 Å². The molecule has 0 atom stereocenters. The van der Waals surface area contributed by atoms with Crippen molar-refractivity contribution < 1.29 is 4.42 Å². The Kier molecular flexibility index (Phi) is 3.22. The summed E-state index contributed by atoms with van der Waals surface area (Å²) in [5.74, 6) is 0. The molecule has 8 heteroatoms. The highest BCUT2D eigenvalue weighted by Gasteiger charge is 2.16. The van der Waals surface area contributed by atoms with Gasteiger partial charge in [0, 0.05) is 36.0 Å². The first-order chi connectivity index (χ1) is 14.3. The SMILES string of the molecule is Cn1cc(-c2ccc3[nH]nc(-c4cc5c(-c6ccoc6)ccnc5[nH]4)c3n2)cn1. The second-order valence-electron chi connectivity index (χ2n) is 6.88. The van der Waals surface area contributed by atoms with Crippen LogP contribution in [-0.4, -0.2) is 34.9 Å². The van der Waals surface area contributed by atoms with Gasteiger partial charge in [0.05, 0.1) is 35.6 Å². The predicted octanol–water partition coefficient (Wildman–Crippen LogP) is 4.16. The fourth-order valence-corrected chi connectivity index (χ4v) is 3.62. The molecule has 0 unspecified atom stereocenters. The topological polar surface area (TPSA) is 101 Å². The number of nitrogens with zero attached hydrogens (tertiary/aromatic N) is 5. The molecule has 0 bridgehead atoms. The number of rotatable bonds is 3. The van der Waals surface area contributed by atoms with Crippen LogP contribution >= 0.6 is 0 Å². The summed E-state index contributed by atoms with van der Waals surface area (Å²) in [6, 6.07) is 9.92. The summed E-state index contributed by atoms with van der Waals surface area (Å²) < 4.78 is 7.01. The number of furan rings is 1. The highest BCUT2D eigenvalue weighted by Crippen LogP contribution is 2.33. The zero-order chi connectivity index (χ0) is 19.4. The number of hydrogen-bond acceptors (Lipinski definition) is 5. The molecule has 0 aliphatic rings. The quantitative estimate of drug-likeness (QED) is 0.479. The average Bonchev–Trinajstić information content (AvgIpc) is 3.51. The van der Waals surface area contributed by atoms with Gasteiger partial charge in [-0.1, -0.05) is 0 Å². The van der Waals surface area contributed by atoms with Crippen LogP contribution in [0.4, 0.5) is 0 Å². The molecule has 0 saturated heterocycles. The van der Waals surface area contributed by atoms with E-state index < -0.39 is 0 Å². The van der Waals surface area contributed by atoms with Gasteiger partial charge in [0.1, 0.15) is 16.9 Å². The molecule has 6 heterocycles. The van der Waals surface area contributed by atoms with E-state index in [1.54, 1.807) is 29.6 Å². The molecule has 8 nitrogen and oxygen atoms in total. The molecule has 2 N–H and O–H groups in total. The van der Waals surface area contributed by atoms with E-state index in [2.05, 4.69) is 31.3 Å². The summed E-state index contributed by atoms with van der Waals surface area (Å²) in [6.45, 7) is 0. The van der Waals surface area contributed by atoms with Crippen molar-refractivity contribution >= 4 is 22.1 Å². The van der Waals surface area contributed by atoms with Crippen LogP contribution in [0.3, 0.4) is 0 Å². The van der Waals surface area contributed by atoms with Crippen LogP contribution in [0.5, 0.6) is 0 Å². The zero-order valence-corrected chi connectivity index (χ0v) is 15.4. The van der Waals surface area contributed by atoms with E-state index in [4.69, 9.17) is 9.40 Å². The summed E-state index contributed by atoms with van der Waals surface area (Å²) in [5, 5.41) is 12.8. The first-order valence-electron chi connectivity index (χ1n) is 9.11. The minimum atomic E-state index is 0.752. The molecule has 29 heavy (non-hydrogen) atoms. The molecule has 0 saturated carbocycles.